The van der Waals surface area contributed by atoms with Crippen LogP contribution in [0, 0.1) is 0 Å². The van der Waals surface area contributed by atoms with Crippen molar-refractivity contribution in [2.75, 3.05) is 11.5 Å². The van der Waals surface area contributed by atoms with Crippen molar-refractivity contribution in [2.24, 2.45) is 0 Å². The lowest BCUT2D eigenvalue weighted by Gasteiger charge is -2.47. The van der Waals surface area contributed by atoms with E-state index in [4.69, 9.17) is 28.8 Å². The summed E-state index contributed by atoms with van der Waals surface area (Å²) in [5, 5.41) is 0. The third kappa shape index (κ3) is 31.6. The van der Waals surface area contributed by atoms with Crippen molar-refractivity contribution in [1.29, 1.82) is 0 Å². The van der Waals surface area contributed by atoms with Crippen LogP contribution in [0.25, 0.3) is 0 Å². The Kier molecular flexibility index (Phi) is 29.7. The maximum Gasteiger partial charge on any atom is 0.324 e. The summed E-state index contributed by atoms with van der Waals surface area (Å²) in [5.74, 6) is 1.73. The summed E-state index contributed by atoms with van der Waals surface area (Å²) >= 11 is 8.88. The average Bonchev–Trinajstić information content (AvgIpc) is 3.07. The molecule has 1 aromatic rings. The van der Waals surface area contributed by atoms with Gasteiger partial charge in [0.1, 0.15) is 0 Å². The van der Waals surface area contributed by atoms with Gasteiger partial charge in [-0.3, -0.25) is 0 Å². The zero-order chi connectivity index (χ0) is 48.2. The van der Waals surface area contributed by atoms with Crippen molar-refractivity contribution in [3.05, 3.63) is 35.9 Å². The van der Waals surface area contributed by atoms with Crippen LogP contribution < -0.4 is 0 Å². The van der Waals surface area contributed by atoms with E-state index >= 15 is 0 Å². The molecule has 5 atom stereocenters. The van der Waals surface area contributed by atoms with Crippen molar-refractivity contribution in [1.82, 2.24) is 0 Å². The minimum Gasteiger partial charge on any atom is -0.437 e. The van der Waals surface area contributed by atoms with E-state index in [1.54, 1.807) is 0 Å². The van der Waals surface area contributed by atoms with Crippen molar-refractivity contribution in [3.63, 3.8) is 0 Å². The molecule has 7 nitrogen and oxygen atoms in total. The molecule has 0 N–H and O–H groups in total. The first-order chi connectivity index (χ1) is 28.1. The largest absolute Gasteiger partial charge is 0.437 e. The number of unbranched alkanes of at least 4 members (excludes halogenated alkanes) is 9. The van der Waals surface area contributed by atoms with Crippen LogP contribution in [0.3, 0.4) is 0 Å². The SMILES string of the molecule is CCCCCCCCCCCC[Si](C)(O[Si](C)(C)C)O[Si](C)(O[Si](C)(CCCS)O[Si](C)(C)C)C(C)c1ccccc1.C[Si](C)(C)O[Si](C)(C)O[Si](C)(CCCS)O[Si](C)(C)C. The number of rotatable bonds is 33. The van der Waals surface area contributed by atoms with Crippen LogP contribution >= 0.6 is 25.3 Å². The van der Waals surface area contributed by atoms with E-state index in [1.807, 2.05) is 0 Å². The summed E-state index contributed by atoms with van der Waals surface area (Å²) in [6.07, 6.45) is 15.4. The Labute approximate surface area is 407 Å². The fourth-order valence-electron chi connectivity index (χ4n) is 8.42. The Bertz CT molecular complexity index is 1330. The van der Waals surface area contributed by atoms with Gasteiger partial charge in [0.15, 0.2) is 33.3 Å². The Morgan fingerprint density at radius 2 is 0.726 bits per heavy atom. The van der Waals surface area contributed by atoms with E-state index in [0.717, 1.165) is 42.5 Å². The lowest BCUT2D eigenvalue weighted by Crippen LogP contribution is -2.63. The highest BCUT2D eigenvalue weighted by Gasteiger charge is 2.53. The number of thiol groups is 2. The lowest BCUT2D eigenvalue weighted by molar-refractivity contribution is 0.275. The monoisotopic (exact) mass is 1060 g/mol. The van der Waals surface area contributed by atoms with Crippen LogP contribution in [0.15, 0.2) is 30.3 Å². The molecule has 0 spiro atoms. The van der Waals surface area contributed by atoms with Crippen LogP contribution in [-0.2, 0) is 28.8 Å². The van der Waals surface area contributed by atoms with Crippen LogP contribution in [0.1, 0.15) is 102 Å². The van der Waals surface area contributed by atoms with Gasteiger partial charge in [-0.15, -0.1) is 0 Å². The second kappa shape index (κ2) is 28.9. The van der Waals surface area contributed by atoms with Gasteiger partial charge in [0.05, 0.1) is 0 Å². The summed E-state index contributed by atoms with van der Waals surface area (Å²) in [7, 11) is -19.1. The maximum absolute atomic E-state index is 7.51. The predicted molar refractivity (Wildman–Crippen MR) is 303 cm³/mol. The van der Waals surface area contributed by atoms with E-state index in [2.05, 4.69) is 187 Å². The molecule has 0 aliphatic carbocycles. The first-order valence-corrected chi connectivity index (χ1v) is 52.0. The minimum absolute atomic E-state index is 0.163. The fraction of sp³-hybridized carbons (Fsp3) is 0.864. The number of hydrogen-bond acceptors (Lipinski definition) is 9. The Morgan fingerprint density at radius 1 is 0.403 bits per heavy atom. The van der Waals surface area contributed by atoms with Crippen LogP contribution in [0.4, 0.5) is 0 Å². The smallest absolute Gasteiger partial charge is 0.324 e. The van der Waals surface area contributed by atoms with Gasteiger partial charge in [0, 0.05) is 5.54 Å². The molecule has 0 saturated heterocycles. The predicted octanol–water partition coefficient (Wildman–Crippen LogP) is 16.3. The molecule has 0 bridgehead atoms. The highest BCUT2D eigenvalue weighted by atomic mass is 32.1. The molecule has 18 heteroatoms. The summed E-state index contributed by atoms with van der Waals surface area (Å²) < 4.78 is 48.3. The first kappa shape index (κ1) is 63.6. The summed E-state index contributed by atoms with van der Waals surface area (Å²) in [6.45, 7) is 45.1. The van der Waals surface area contributed by atoms with E-state index in [1.165, 1.54) is 69.8 Å². The average molecular weight is 1060 g/mol. The third-order valence-electron chi connectivity index (χ3n) is 10.1. The van der Waals surface area contributed by atoms with Gasteiger partial charge < -0.3 is 28.8 Å². The highest BCUT2D eigenvalue weighted by Crippen LogP contribution is 2.38. The van der Waals surface area contributed by atoms with Gasteiger partial charge in [-0.25, -0.2) is 0 Å². The molecule has 0 radical (unpaired) electrons. The van der Waals surface area contributed by atoms with Gasteiger partial charge in [-0.1, -0.05) is 108 Å². The molecule has 0 saturated carbocycles. The number of benzene rings is 1. The molecule has 368 valence electrons. The van der Waals surface area contributed by atoms with E-state index in [-0.39, 0.29) is 5.54 Å². The molecule has 1 aromatic carbocycles. The molecule has 5 unspecified atom stereocenters. The van der Waals surface area contributed by atoms with Crippen molar-refractivity contribution < 1.29 is 28.8 Å². The number of hydrogen-bond donors (Lipinski definition) is 2. The second-order valence-corrected chi connectivity index (χ2v) is 60.2. The van der Waals surface area contributed by atoms with Crippen molar-refractivity contribution >= 4 is 101 Å². The van der Waals surface area contributed by atoms with E-state index in [0.29, 0.717) is 0 Å². The molecule has 0 amide bonds. The minimum atomic E-state index is -2.82. The Balaban J connectivity index is 0.00000156. The van der Waals surface area contributed by atoms with Crippen LogP contribution in [-0.4, -0.2) is 87.6 Å². The Hall–Kier alpha value is 1.59. The zero-order valence-corrected chi connectivity index (χ0v) is 55.0. The quantitative estimate of drug-likeness (QED) is 0.0413. The van der Waals surface area contributed by atoms with E-state index < -0.39 is 76.1 Å². The molecule has 0 aliphatic rings. The van der Waals surface area contributed by atoms with Gasteiger partial charge in [0.25, 0.3) is 0 Å². The lowest BCUT2D eigenvalue weighted by atomic mass is 10.1. The standard InChI is InChI=1S/C32H68O4SSi5.C12H34O3SSi4/c1-12-13-14-15-16-17-18-19-20-24-29-40(9,33-38(3,4)5)35-42(11,31(2)32-26-22-21-23-27-32)36-41(10,30-25-28-37)34-39(6,7)8;1-17(2,3)13-19(7,8)15-20(9,12-10-11-16)14-18(4,5)6/h21-23,26-27,31,37H,12-20,24-25,28-30H2,1-11H3;16H,10-12H2,1-9H3. The van der Waals surface area contributed by atoms with Crippen molar-refractivity contribution in [3.8, 4) is 0 Å². The van der Waals surface area contributed by atoms with Crippen molar-refractivity contribution in [2.45, 2.75) is 232 Å². The molecule has 1 rings (SSSR count). The fourth-order valence-corrected chi connectivity index (χ4v) is 51.7. The molecule has 0 aliphatic heterocycles. The van der Waals surface area contributed by atoms with Gasteiger partial charge in [-0.2, -0.15) is 25.3 Å². The van der Waals surface area contributed by atoms with Gasteiger partial charge >= 0.3 is 42.8 Å². The molecular weight excluding hydrogens is 957 g/mol. The highest BCUT2D eigenvalue weighted by molar-refractivity contribution is 7.80. The van der Waals surface area contributed by atoms with Gasteiger partial charge in [-0.05, 0) is 166 Å². The first-order valence-electron chi connectivity index (χ1n) is 24.3. The summed E-state index contributed by atoms with van der Waals surface area (Å²) in [6, 6.07) is 13.8. The molecule has 0 fully saturated rings. The van der Waals surface area contributed by atoms with Gasteiger partial charge in [0.2, 0.25) is 0 Å². The van der Waals surface area contributed by atoms with Crippen LogP contribution in [0.5, 0.6) is 0 Å². The van der Waals surface area contributed by atoms with E-state index in [9.17, 15) is 0 Å². The normalized spacial score (nSPS) is 17.6. The Morgan fingerprint density at radius 3 is 1.06 bits per heavy atom. The van der Waals surface area contributed by atoms with Crippen LogP contribution in [0.2, 0.25) is 136 Å². The molecular formula is C44H102O7S2Si9. The third-order valence-corrected chi connectivity index (χ3v) is 43.7. The topological polar surface area (TPSA) is 64.6 Å². The zero-order valence-electron chi connectivity index (χ0n) is 44.2. The summed E-state index contributed by atoms with van der Waals surface area (Å²) in [4.78, 5) is 0. The maximum atomic E-state index is 7.51. The molecule has 62 heavy (non-hydrogen) atoms. The second-order valence-electron chi connectivity index (χ2n) is 22.7. The summed E-state index contributed by atoms with van der Waals surface area (Å²) in [5.41, 5.74) is 1.45. The molecule has 0 aromatic heterocycles. The molecule has 0 heterocycles.